The van der Waals surface area contributed by atoms with Crippen LogP contribution in [0.25, 0.3) is 5.69 Å². The third-order valence-electron chi connectivity index (χ3n) is 5.98. The van der Waals surface area contributed by atoms with Crippen molar-refractivity contribution >= 4 is 11.6 Å². The Kier molecular flexibility index (Phi) is 4.63. The Morgan fingerprint density at radius 1 is 1.17 bits per heavy atom. The van der Waals surface area contributed by atoms with Crippen LogP contribution in [0.1, 0.15) is 35.6 Å². The summed E-state index contributed by atoms with van der Waals surface area (Å²) >= 11 is 6.25. The molecule has 1 aromatic heterocycles. The molecule has 2 aromatic carbocycles. The summed E-state index contributed by atoms with van der Waals surface area (Å²) in [5.74, 6) is 0. The molecule has 6 heteroatoms. The number of hydrogen-bond donors (Lipinski definition) is 0. The zero-order valence-corrected chi connectivity index (χ0v) is 16.7. The van der Waals surface area contributed by atoms with Gasteiger partial charge in [0.25, 0.3) is 0 Å². The van der Waals surface area contributed by atoms with Gasteiger partial charge in [0.15, 0.2) is 6.10 Å². The van der Waals surface area contributed by atoms with E-state index < -0.39 is 11.7 Å². The average Bonchev–Trinajstić information content (AvgIpc) is 3.34. The van der Waals surface area contributed by atoms with Crippen LogP contribution in [0.2, 0.25) is 5.02 Å². The standard InChI is InChI=1S/C23H21ClN4O/c24-18-6-7-20-21(12-18)23(29-22(20)13-25)8-10-27(11-9-23)15-17-14-26-28(16-17)19-4-2-1-3-5-19/h1-7,12,14,16,22H,8-11,15H2. The van der Waals surface area contributed by atoms with Crippen molar-refractivity contribution in [3.63, 3.8) is 0 Å². The number of piperidine rings is 1. The zero-order chi connectivity index (χ0) is 19.8. The fourth-order valence-electron chi connectivity index (χ4n) is 4.48. The summed E-state index contributed by atoms with van der Waals surface area (Å²) in [4.78, 5) is 2.42. The molecular weight excluding hydrogens is 384 g/mol. The molecule has 5 rings (SSSR count). The van der Waals surface area contributed by atoms with E-state index in [4.69, 9.17) is 16.3 Å². The number of aromatic nitrogens is 2. The van der Waals surface area contributed by atoms with Crippen LogP contribution in [0.4, 0.5) is 0 Å². The smallest absolute Gasteiger partial charge is 0.170 e. The Balaban J connectivity index is 1.29. The number of hydrogen-bond acceptors (Lipinski definition) is 4. The fraction of sp³-hybridized carbons (Fsp3) is 0.304. The maximum absolute atomic E-state index is 9.51. The quantitative estimate of drug-likeness (QED) is 0.639. The molecule has 0 radical (unpaired) electrons. The second kappa shape index (κ2) is 7.31. The Labute approximate surface area is 175 Å². The minimum absolute atomic E-state index is 0.397. The normalized spacial score (nSPS) is 20.5. The second-order valence-corrected chi connectivity index (χ2v) is 8.19. The number of nitriles is 1. The van der Waals surface area contributed by atoms with Gasteiger partial charge in [0, 0.05) is 42.0 Å². The van der Waals surface area contributed by atoms with E-state index >= 15 is 0 Å². The fourth-order valence-corrected chi connectivity index (χ4v) is 4.65. The largest absolute Gasteiger partial charge is 0.347 e. The molecule has 1 saturated heterocycles. The van der Waals surface area contributed by atoms with Gasteiger partial charge in [0.1, 0.15) is 0 Å². The molecule has 29 heavy (non-hydrogen) atoms. The Morgan fingerprint density at radius 3 is 2.72 bits per heavy atom. The summed E-state index contributed by atoms with van der Waals surface area (Å²) in [6.07, 6.45) is 5.23. The number of para-hydroxylation sites is 1. The van der Waals surface area contributed by atoms with E-state index in [1.54, 1.807) is 0 Å². The molecule has 0 bridgehead atoms. The van der Waals surface area contributed by atoms with Crippen molar-refractivity contribution in [2.45, 2.75) is 31.1 Å². The van der Waals surface area contributed by atoms with Gasteiger partial charge < -0.3 is 4.74 Å². The molecule has 3 aromatic rings. The van der Waals surface area contributed by atoms with Gasteiger partial charge in [-0.15, -0.1) is 0 Å². The lowest BCUT2D eigenvalue weighted by molar-refractivity contribution is -0.0933. The molecule has 146 valence electrons. The van der Waals surface area contributed by atoms with Crippen molar-refractivity contribution in [3.05, 3.63) is 82.6 Å². The zero-order valence-electron chi connectivity index (χ0n) is 16.0. The maximum atomic E-state index is 9.51. The molecule has 3 heterocycles. The molecule has 0 N–H and O–H groups in total. The highest BCUT2D eigenvalue weighted by molar-refractivity contribution is 6.30. The summed E-state index contributed by atoms with van der Waals surface area (Å²) in [7, 11) is 0. The first kappa shape index (κ1) is 18.4. The topological polar surface area (TPSA) is 54.1 Å². The van der Waals surface area contributed by atoms with Crippen LogP contribution in [0.15, 0.2) is 60.9 Å². The molecular formula is C23H21ClN4O. The van der Waals surface area contributed by atoms with Crippen LogP contribution in [0.5, 0.6) is 0 Å². The Bertz CT molecular complexity index is 1060. The van der Waals surface area contributed by atoms with E-state index in [2.05, 4.69) is 22.3 Å². The van der Waals surface area contributed by atoms with E-state index in [9.17, 15) is 5.26 Å². The highest BCUT2D eigenvalue weighted by Crippen LogP contribution is 2.49. The van der Waals surface area contributed by atoms with E-state index in [-0.39, 0.29) is 0 Å². The molecule has 1 unspecified atom stereocenters. The minimum Gasteiger partial charge on any atom is -0.347 e. The monoisotopic (exact) mass is 404 g/mol. The molecule has 5 nitrogen and oxygen atoms in total. The molecule has 2 aliphatic heterocycles. The van der Waals surface area contributed by atoms with Crippen LogP contribution < -0.4 is 0 Å². The third kappa shape index (κ3) is 3.34. The first-order valence-corrected chi connectivity index (χ1v) is 10.2. The Morgan fingerprint density at radius 2 is 1.97 bits per heavy atom. The summed E-state index contributed by atoms with van der Waals surface area (Å²) in [5, 5.41) is 14.7. The maximum Gasteiger partial charge on any atom is 0.170 e. The van der Waals surface area contributed by atoms with Crippen LogP contribution in [-0.4, -0.2) is 27.8 Å². The van der Waals surface area contributed by atoms with E-state index in [1.165, 1.54) is 5.56 Å². The Hall–Kier alpha value is -2.65. The van der Waals surface area contributed by atoms with Gasteiger partial charge in [0.2, 0.25) is 0 Å². The molecule has 1 spiro atoms. The lowest BCUT2D eigenvalue weighted by Crippen LogP contribution is -2.42. The number of likely N-dealkylation sites (tertiary alicyclic amines) is 1. The van der Waals surface area contributed by atoms with Crippen molar-refractivity contribution in [1.82, 2.24) is 14.7 Å². The van der Waals surface area contributed by atoms with Crippen molar-refractivity contribution in [3.8, 4) is 11.8 Å². The van der Waals surface area contributed by atoms with Gasteiger partial charge in [-0.05, 0) is 42.7 Å². The van der Waals surface area contributed by atoms with Crippen LogP contribution in [0.3, 0.4) is 0 Å². The number of benzene rings is 2. The van der Waals surface area contributed by atoms with Crippen molar-refractivity contribution in [1.29, 1.82) is 5.26 Å². The van der Waals surface area contributed by atoms with Crippen LogP contribution in [-0.2, 0) is 16.9 Å². The van der Waals surface area contributed by atoms with Gasteiger partial charge in [-0.2, -0.15) is 10.4 Å². The molecule has 0 aliphatic carbocycles. The van der Waals surface area contributed by atoms with Crippen molar-refractivity contribution in [2.75, 3.05) is 13.1 Å². The van der Waals surface area contributed by atoms with Gasteiger partial charge in [-0.25, -0.2) is 4.68 Å². The number of rotatable bonds is 3. The molecule has 1 atom stereocenters. The van der Waals surface area contributed by atoms with Crippen molar-refractivity contribution in [2.24, 2.45) is 0 Å². The van der Waals surface area contributed by atoms with Gasteiger partial charge in [-0.3, -0.25) is 4.90 Å². The molecule has 2 aliphatic rings. The van der Waals surface area contributed by atoms with Gasteiger partial charge in [0.05, 0.1) is 23.6 Å². The van der Waals surface area contributed by atoms with Crippen molar-refractivity contribution < 1.29 is 4.74 Å². The summed E-state index contributed by atoms with van der Waals surface area (Å²) in [5.41, 5.74) is 3.91. The number of nitrogens with zero attached hydrogens (tertiary/aromatic N) is 4. The van der Waals surface area contributed by atoms with Crippen LogP contribution >= 0.6 is 11.6 Å². The van der Waals surface area contributed by atoms with Gasteiger partial charge in [-0.1, -0.05) is 35.9 Å². The second-order valence-electron chi connectivity index (χ2n) is 7.76. The average molecular weight is 405 g/mol. The summed E-state index contributed by atoms with van der Waals surface area (Å²) in [6, 6.07) is 18.2. The third-order valence-corrected chi connectivity index (χ3v) is 6.21. The summed E-state index contributed by atoms with van der Waals surface area (Å²) < 4.78 is 8.18. The first-order chi connectivity index (χ1) is 14.2. The van der Waals surface area contributed by atoms with Gasteiger partial charge >= 0.3 is 0 Å². The molecule has 0 amide bonds. The molecule has 0 saturated carbocycles. The highest BCUT2D eigenvalue weighted by atomic mass is 35.5. The number of ether oxygens (including phenoxy) is 1. The van der Waals surface area contributed by atoms with E-state index in [0.29, 0.717) is 5.02 Å². The molecule has 1 fully saturated rings. The highest BCUT2D eigenvalue weighted by Gasteiger charge is 2.46. The number of fused-ring (bicyclic) bond motifs is 2. The van der Waals surface area contributed by atoms with E-state index in [0.717, 1.165) is 49.3 Å². The first-order valence-electron chi connectivity index (χ1n) is 9.86. The summed E-state index contributed by atoms with van der Waals surface area (Å²) in [6.45, 7) is 2.66. The lowest BCUT2D eigenvalue weighted by Gasteiger charge is -2.39. The lowest BCUT2D eigenvalue weighted by atomic mass is 9.83. The number of halogens is 1. The predicted octanol–water partition coefficient (Wildman–Crippen LogP) is 4.61. The SMILES string of the molecule is N#CC1OC2(CCN(Cc3cnn(-c4ccccc4)c3)CC2)c2cc(Cl)ccc21. The van der Waals surface area contributed by atoms with E-state index in [1.807, 2.05) is 59.4 Å². The minimum atomic E-state index is -0.502. The predicted molar refractivity (Wildman–Crippen MR) is 111 cm³/mol. The van der Waals surface area contributed by atoms with Crippen LogP contribution in [0, 0.1) is 11.3 Å².